The first-order valence-electron chi connectivity index (χ1n) is 3.86. The van der Waals surface area contributed by atoms with Crippen LogP contribution in [0.15, 0.2) is 12.7 Å². The Balaban J connectivity index is 3.37. The molecule has 1 amide bonds. The molecule has 0 saturated heterocycles. The molecule has 0 radical (unpaired) electrons. The predicted octanol–water partition coefficient (Wildman–Crippen LogP) is 0.416. The highest BCUT2D eigenvalue weighted by Crippen LogP contribution is 1.90. The van der Waals surface area contributed by atoms with E-state index in [4.69, 9.17) is 5.73 Å². The van der Waals surface area contributed by atoms with E-state index in [1.54, 1.807) is 0 Å². The molecule has 0 bridgehead atoms. The summed E-state index contributed by atoms with van der Waals surface area (Å²) in [5, 5.41) is 2.63. The minimum Gasteiger partial charge on any atom is -0.351 e. The Morgan fingerprint density at radius 3 is 2.91 bits per heavy atom. The fourth-order valence-corrected chi connectivity index (χ4v) is 0.777. The molecule has 1 atom stereocenters. The maximum Gasteiger partial charge on any atom is 0.243 e. The highest BCUT2D eigenvalue weighted by atomic mass is 16.1. The number of carbonyl (C=O) groups excluding carboxylic acids is 1. The summed E-state index contributed by atoms with van der Waals surface area (Å²) >= 11 is 0. The molecule has 0 aromatic heterocycles. The van der Waals surface area contributed by atoms with Gasteiger partial charge in [-0.25, -0.2) is 0 Å². The van der Waals surface area contributed by atoms with Crippen LogP contribution in [0.5, 0.6) is 0 Å². The lowest BCUT2D eigenvalue weighted by Gasteiger charge is -2.09. The molecule has 0 aliphatic rings. The molecular weight excluding hydrogens is 140 g/mol. The molecule has 1 unspecified atom stereocenters. The van der Waals surface area contributed by atoms with Crippen molar-refractivity contribution >= 4 is 5.91 Å². The summed E-state index contributed by atoms with van der Waals surface area (Å²) in [5.41, 5.74) is 5.64. The van der Waals surface area contributed by atoms with Gasteiger partial charge in [0, 0.05) is 12.6 Å². The highest BCUT2D eigenvalue weighted by molar-refractivity contribution is 5.86. The Bertz CT molecular complexity index is 134. The second-order valence-corrected chi connectivity index (χ2v) is 2.50. The van der Waals surface area contributed by atoms with Crippen molar-refractivity contribution in [2.75, 3.05) is 6.54 Å². The Labute approximate surface area is 67.7 Å². The van der Waals surface area contributed by atoms with Crippen molar-refractivity contribution in [3.8, 4) is 0 Å². The fourth-order valence-electron chi connectivity index (χ4n) is 0.777. The van der Waals surface area contributed by atoms with Crippen LogP contribution in [-0.4, -0.2) is 18.5 Å². The van der Waals surface area contributed by atoms with Gasteiger partial charge in [0.25, 0.3) is 0 Å². The predicted molar refractivity (Wildman–Crippen MR) is 46.1 cm³/mol. The first-order chi connectivity index (χ1) is 5.20. The third-order valence-corrected chi connectivity index (χ3v) is 1.38. The number of rotatable bonds is 5. The van der Waals surface area contributed by atoms with Crippen molar-refractivity contribution in [2.45, 2.75) is 25.8 Å². The lowest BCUT2D eigenvalue weighted by Crippen LogP contribution is -2.36. The van der Waals surface area contributed by atoms with Crippen LogP contribution in [0.25, 0.3) is 0 Å². The third-order valence-electron chi connectivity index (χ3n) is 1.38. The molecule has 0 heterocycles. The van der Waals surface area contributed by atoms with Crippen molar-refractivity contribution in [3.63, 3.8) is 0 Å². The van der Waals surface area contributed by atoms with Crippen LogP contribution >= 0.6 is 0 Å². The van der Waals surface area contributed by atoms with Gasteiger partial charge in [-0.2, -0.15) is 0 Å². The van der Waals surface area contributed by atoms with Gasteiger partial charge in [0.2, 0.25) is 5.91 Å². The minimum absolute atomic E-state index is 0.0731. The van der Waals surface area contributed by atoms with Crippen LogP contribution in [0.3, 0.4) is 0 Å². The molecule has 0 spiro atoms. The average Bonchev–Trinajstić information content (AvgIpc) is 2.01. The van der Waals surface area contributed by atoms with E-state index in [1.807, 2.05) is 0 Å². The topological polar surface area (TPSA) is 55.1 Å². The summed E-state index contributed by atoms with van der Waals surface area (Å²) in [5.74, 6) is -0.156. The van der Waals surface area contributed by atoms with Crippen LogP contribution in [0.4, 0.5) is 0 Å². The molecule has 0 aromatic rings. The summed E-state index contributed by atoms with van der Waals surface area (Å²) in [6, 6.07) is 0.0731. The van der Waals surface area contributed by atoms with Gasteiger partial charge in [-0.1, -0.05) is 19.9 Å². The van der Waals surface area contributed by atoms with E-state index in [0.717, 1.165) is 12.8 Å². The summed E-state index contributed by atoms with van der Waals surface area (Å²) in [4.78, 5) is 10.6. The van der Waals surface area contributed by atoms with Crippen LogP contribution in [-0.2, 0) is 4.79 Å². The quantitative estimate of drug-likeness (QED) is 0.567. The summed E-state index contributed by atoms with van der Waals surface area (Å²) in [6.07, 6.45) is 3.24. The molecule has 0 aliphatic carbocycles. The van der Waals surface area contributed by atoms with E-state index >= 15 is 0 Å². The van der Waals surface area contributed by atoms with Gasteiger partial charge in [0.15, 0.2) is 0 Å². The van der Waals surface area contributed by atoms with Crippen molar-refractivity contribution in [1.82, 2.24) is 5.32 Å². The number of nitrogens with two attached hydrogens (primary N) is 1. The minimum atomic E-state index is -0.156. The van der Waals surface area contributed by atoms with Gasteiger partial charge < -0.3 is 11.1 Å². The SMILES string of the molecule is C=CC(=O)NCC(N)CCC. The Morgan fingerprint density at radius 2 is 2.45 bits per heavy atom. The van der Waals surface area contributed by atoms with E-state index in [-0.39, 0.29) is 11.9 Å². The number of nitrogens with one attached hydrogen (secondary N) is 1. The Morgan fingerprint density at radius 1 is 1.82 bits per heavy atom. The molecule has 0 aromatic carbocycles. The van der Waals surface area contributed by atoms with E-state index in [9.17, 15) is 4.79 Å². The number of hydrogen-bond donors (Lipinski definition) is 2. The van der Waals surface area contributed by atoms with Crippen LogP contribution in [0, 0.1) is 0 Å². The summed E-state index contributed by atoms with van der Waals surface area (Å²) < 4.78 is 0. The third kappa shape index (κ3) is 5.61. The summed E-state index contributed by atoms with van der Waals surface area (Å²) in [6.45, 7) is 5.94. The first-order valence-corrected chi connectivity index (χ1v) is 3.86. The molecule has 3 N–H and O–H groups in total. The van der Waals surface area contributed by atoms with Crippen LogP contribution in [0.1, 0.15) is 19.8 Å². The zero-order chi connectivity index (χ0) is 8.69. The zero-order valence-electron chi connectivity index (χ0n) is 6.97. The van der Waals surface area contributed by atoms with Crippen molar-refractivity contribution in [1.29, 1.82) is 0 Å². The fraction of sp³-hybridized carbons (Fsp3) is 0.625. The normalized spacial score (nSPS) is 12.2. The first kappa shape index (κ1) is 10.2. The molecule has 0 saturated carbocycles. The van der Waals surface area contributed by atoms with Gasteiger partial charge >= 0.3 is 0 Å². The standard InChI is InChI=1S/C8H16N2O/c1-3-5-7(9)6-10-8(11)4-2/h4,7H,2-3,5-6,9H2,1H3,(H,10,11). The second kappa shape index (κ2) is 5.92. The van der Waals surface area contributed by atoms with Gasteiger partial charge in [0.05, 0.1) is 0 Å². The molecule has 3 nitrogen and oxygen atoms in total. The van der Waals surface area contributed by atoms with Crippen LogP contribution in [0.2, 0.25) is 0 Å². The number of amides is 1. The van der Waals surface area contributed by atoms with Crippen molar-refractivity contribution in [2.24, 2.45) is 5.73 Å². The maximum absolute atomic E-state index is 10.6. The largest absolute Gasteiger partial charge is 0.351 e. The van der Waals surface area contributed by atoms with Crippen LogP contribution < -0.4 is 11.1 Å². The molecule has 64 valence electrons. The average molecular weight is 156 g/mol. The van der Waals surface area contributed by atoms with Gasteiger partial charge in [-0.05, 0) is 12.5 Å². The highest BCUT2D eigenvalue weighted by Gasteiger charge is 2.00. The maximum atomic E-state index is 10.6. The van der Waals surface area contributed by atoms with Crippen molar-refractivity contribution in [3.05, 3.63) is 12.7 Å². The Kier molecular flexibility index (Phi) is 5.47. The Hall–Kier alpha value is -0.830. The molecule has 0 rings (SSSR count). The monoisotopic (exact) mass is 156 g/mol. The van der Waals surface area contributed by atoms with E-state index < -0.39 is 0 Å². The number of carbonyl (C=O) groups is 1. The van der Waals surface area contributed by atoms with E-state index in [2.05, 4.69) is 18.8 Å². The smallest absolute Gasteiger partial charge is 0.243 e. The van der Waals surface area contributed by atoms with Gasteiger partial charge in [-0.15, -0.1) is 0 Å². The van der Waals surface area contributed by atoms with E-state index in [1.165, 1.54) is 6.08 Å². The second-order valence-electron chi connectivity index (χ2n) is 2.50. The van der Waals surface area contributed by atoms with E-state index in [0.29, 0.717) is 6.54 Å². The van der Waals surface area contributed by atoms with Gasteiger partial charge in [0.1, 0.15) is 0 Å². The molecule has 11 heavy (non-hydrogen) atoms. The molecule has 3 heteroatoms. The zero-order valence-corrected chi connectivity index (χ0v) is 6.97. The molecule has 0 aliphatic heterocycles. The lowest BCUT2D eigenvalue weighted by molar-refractivity contribution is -0.116. The summed E-state index contributed by atoms with van der Waals surface area (Å²) in [7, 11) is 0. The number of hydrogen-bond acceptors (Lipinski definition) is 2. The van der Waals surface area contributed by atoms with Crippen molar-refractivity contribution < 1.29 is 4.79 Å². The lowest BCUT2D eigenvalue weighted by atomic mass is 10.2. The van der Waals surface area contributed by atoms with Gasteiger partial charge in [-0.3, -0.25) is 4.79 Å². The molecule has 0 fully saturated rings. The molecular formula is C8H16N2O.